The number of benzene rings is 1. The molecule has 6 rings (SSSR count). The Bertz CT molecular complexity index is 2190. The molecule has 4 aliphatic rings. The van der Waals surface area contributed by atoms with Crippen molar-refractivity contribution in [3.05, 3.63) is 65.5 Å². The maximum Gasteiger partial charge on any atom is 0.340 e. The number of hydrogen-bond donors (Lipinski definition) is 2. The number of esters is 8. The molecular weight excluding hydrogens is 834 g/mol. The van der Waals surface area contributed by atoms with E-state index in [4.69, 9.17) is 42.6 Å². The summed E-state index contributed by atoms with van der Waals surface area (Å²) in [5.74, 6) is -10.5. The SMILES string of the molecule is CC(=O)OC[C@]12[C@H](OC(C)=O)[C@H](OC(C)=O)[C@@H]3[C@@H](OC(C)=O)[C@@]14O[C@@]3(C)COC(=O)c1cccnc1CCC(C)(O)C(=O)O[C@@H]([C@H](OC(=O)c1ccccc1)[C@@H]2OC(C)=O)[C@]4(C)O. The van der Waals surface area contributed by atoms with Gasteiger partial charge in [0.25, 0.3) is 0 Å². The number of aromatic nitrogens is 1. The highest BCUT2D eigenvalue weighted by Crippen LogP contribution is 2.70. The molecule has 0 amide bonds. The number of carbonyl (C=O) groups excluding carboxylic acids is 8. The lowest BCUT2D eigenvalue weighted by atomic mass is 9.45. The van der Waals surface area contributed by atoms with Gasteiger partial charge in [-0.2, -0.15) is 0 Å². The second-order valence-corrected chi connectivity index (χ2v) is 16.7. The van der Waals surface area contributed by atoms with E-state index in [0.717, 1.165) is 48.5 Å². The summed E-state index contributed by atoms with van der Waals surface area (Å²) in [6.07, 6.45) is -12.0. The molecule has 2 N–H and O–H groups in total. The van der Waals surface area contributed by atoms with Gasteiger partial charge in [0.15, 0.2) is 35.6 Å². The number of fused-ring (bicyclic) bond motifs is 5. The van der Waals surface area contributed by atoms with Crippen LogP contribution in [-0.2, 0) is 77.8 Å². The zero-order valence-corrected chi connectivity index (χ0v) is 35.8. The van der Waals surface area contributed by atoms with Gasteiger partial charge in [0.1, 0.15) is 42.0 Å². The monoisotopic (exact) mass is 883 g/mol. The molecule has 12 atom stereocenters. The van der Waals surface area contributed by atoms with Gasteiger partial charge in [-0.3, -0.25) is 29.0 Å². The molecule has 3 fully saturated rings. The van der Waals surface area contributed by atoms with E-state index in [0.29, 0.717) is 0 Å². The van der Waals surface area contributed by atoms with Gasteiger partial charge in [-0.15, -0.1) is 0 Å². The van der Waals surface area contributed by atoms with Crippen molar-refractivity contribution in [1.82, 2.24) is 4.98 Å². The summed E-state index contributed by atoms with van der Waals surface area (Å²) in [4.78, 5) is 113. The summed E-state index contributed by atoms with van der Waals surface area (Å²) in [5, 5.41) is 25.4. The number of hydrogen-bond acceptors (Lipinski definition) is 20. The van der Waals surface area contributed by atoms with Crippen LogP contribution >= 0.6 is 0 Å². The Labute approximate surface area is 360 Å². The lowest BCUT2D eigenvalue weighted by Gasteiger charge is -2.67. The second kappa shape index (κ2) is 16.9. The number of pyridine rings is 1. The van der Waals surface area contributed by atoms with Crippen LogP contribution in [0.25, 0.3) is 0 Å². The predicted octanol–water partition coefficient (Wildman–Crippen LogP) is 1.27. The molecule has 1 saturated heterocycles. The van der Waals surface area contributed by atoms with Crippen molar-refractivity contribution < 1.29 is 91.2 Å². The van der Waals surface area contributed by atoms with Crippen LogP contribution in [0.3, 0.4) is 0 Å². The first kappa shape index (κ1) is 46.5. The first-order valence-corrected chi connectivity index (χ1v) is 20.0. The van der Waals surface area contributed by atoms with Gasteiger partial charge in [-0.25, -0.2) is 14.4 Å². The molecule has 20 heteroatoms. The lowest BCUT2D eigenvalue weighted by Crippen LogP contribution is -2.89. The number of carbonyl (C=O) groups is 8. The van der Waals surface area contributed by atoms with Gasteiger partial charge >= 0.3 is 47.8 Å². The van der Waals surface area contributed by atoms with E-state index in [9.17, 15) is 48.6 Å². The van der Waals surface area contributed by atoms with Crippen molar-refractivity contribution >= 4 is 47.8 Å². The highest BCUT2D eigenvalue weighted by Gasteiger charge is 2.92. The minimum atomic E-state index is -2.98. The van der Waals surface area contributed by atoms with E-state index >= 15 is 0 Å². The van der Waals surface area contributed by atoms with Crippen LogP contribution in [0, 0.1) is 11.3 Å². The molecule has 63 heavy (non-hydrogen) atoms. The number of rotatable bonds is 8. The molecule has 4 bridgehead atoms. The largest absolute Gasteiger partial charge is 0.465 e. The lowest BCUT2D eigenvalue weighted by molar-refractivity contribution is -0.386. The third-order valence-electron chi connectivity index (χ3n) is 12.2. The molecule has 3 heterocycles. The highest BCUT2D eigenvalue weighted by molar-refractivity contribution is 5.91. The number of cyclic esters (lactones) is 1. The van der Waals surface area contributed by atoms with Crippen molar-refractivity contribution in [3.63, 3.8) is 0 Å². The molecule has 2 aliphatic carbocycles. The van der Waals surface area contributed by atoms with Crippen molar-refractivity contribution in [2.75, 3.05) is 13.2 Å². The fourth-order valence-electron chi connectivity index (χ4n) is 9.73. The minimum absolute atomic E-state index is 0.0847. The van der Waals surface area contributed by atoms with Gasteiger partial charge in [-0.05, 0) is 57.9 Å². The first-order chi connectivity index (χ1) is 29.4. The van der Waals surface area contributed by atoms with E-state index < -0.39 is 138 Å². The zero-order valence-electron chi connectivity index (χ0n) is 35.8. The van der Waals surface area contributed by atoms with Gasteiger partial charge in [-0.1, -0.05) is 18.2 Å². The standard InChI is InChI=1S/C43H49NO19/c1-21(45)55-20-42-34(59-24(4)48)30(57-22(2)46)29-32(58-23(3)47)43(42)41(8,54)33(31(35(42)60-25(5)49)61-36(50)26-13-10-9-11-14-26)62-38(52)39(6,53)17-16-28-27(15-12-18-44-28)37(51)56-19-40(29,7)63-43/h9-15,18,29-35,53-54H,16-17,19-20H2,1-8H3/t29-,30-,31+,32-,33+,34-,35+,39?,40+,41+,42-,43+/m1/s1. The summed E-state index contributed by atoms with van der Waals surface area (Å²) in [7, 11) is 0. The molecule has 2 aliphatic heterocycles. The van der Waals surface area contributed by atoms with Gasteiger partial charge in [0.2, 0.25) is 0 Å². The van der Waals surface area contributed by atoms with Gasteiger partial charge < -0.3 is 52.8 Å². The quantitative estimate of drug-likeness (QED) is 0.279. The smallest absolute Gasteiger partial charge is 0.340 e. The topological polar surface area (TPSA) is 273 Å². The fraction of sp³-hybridized carbons (Fsp3) is 0.558. The van der Waals surface area contributed by atoms with Crippen LogP contribution in [0.1, 0.15) is 88.2 Å². The third kappa shape index (κ3) is 7.99. The van der Waals surface area contributed by atoms with Gasteiger partial charge in [0.05, 0.1) is 22.7 Å². The molecule has 2 saturated carbocycles. The van der Waals surface area contributed by atoms with Crippen molar-refractivity contribution in [3.8, 4) is 0 Å². The van der Waals surface area contributed by atoms with E-state index in [1.165, 1.54) is 49.5 Å². The maximum atomic E-state index is 14.5. The summed E-state index contributed by atoms with van der Waals surface area (Å²) in [6, 6.07) is 10.1. The fourth-order valence-corrected chi connectivity index (χ4v) is 9.73. The molecule has 340 valence electrons. The number of ether oxygens (including phenoxy) is 9. The summed E-state index contributed by atoms with van der Waals surface area (Å²) in [5.41, 5.74) is -13.3. The van der Waals surface area contributed by atoms with Crippen LogP contribution in [0.2, 0.25) is 0 Å². The van der Waals surface area contributed by atoms with E-state index in [2.05, 4.69) is 4.98 Å². The molecular formula is C43H49NO19. The Balaban J connectivity index is 1.79. The first-order valence-electron chi connectivity index (χ1n) is 20.0. The van der Waals surface area contributed by atoms with Crippen LogP contribution in [0.4, 0.5) is 0 Å². The van der Waals surface area contributed by atoms with E-state index in [1.807, 2.05) is 0 Å². The summed E-state index contributed by atoms with van der Waals surface area (Å²) in [6.45, 7) is 6.37. The number of aliphatic hydroxyl groups is 2. The average molecular weight is 884 g/mol. The number of nitrogens with zero attached hydrogens (tertiary/aromatic N) is 1. The second-order valence-electron chi connectivity index (χ2n) is 16.7. The molecule has 1 aromatic heterocycles. The Morgan fingerprint density at radius 2 is 1.33 bits per heavy atom. The van der Waals surface area contributed by atoms with E-state index in [-0.39, 0.29) is 23.2 Å². The normalized spacial score (nSPS) is 35.8. The summed E-state index contributed by atoms with van der Waals surface area (Å²) < 4.78 is 54.9. The average Bonchev–Trinajstić information content (AvgIpc) is 3.42. The molecule has 20 nitrogen and oxygen atoms in total. The Morgan fingerprint density at radius 1 is 0.746 bits per heavy atom. The van der Waals surface area contributed by atoms with Crippen LogP contribution in [-0.4, -0.2) is 135 Å². The zero-order chi connectivity index (χ0) is 46.4. The molecule has 1 spiro atoms. The van der Waals surface area contributed by atoms with Gasteiger partial charge in [0, 0.05) is 40.8 Å². The van der Waals surface area contributed by atoms with Crippen LogP contribution in [0.15, 0.2) is 48.7 Å². The predicted molar refractivity (Wildman–Crippen MR) is 207 cm³/mol. The molecule has 1 unspecified atom stereocenters. The van der Waals surface area contributed by atoms with Crippen LogP contribution in [0.5, 0.6) is 0 Å². The molecule has 1 aromatic carbocycles. The highest BCUT2D eigenvalue weighted by atomic mass is 16.7. The molecule has 2 aromatic rings. The number of aryl methyl sites for hydroxylation is 1. The molecule has 0 radical (unpaired) electrons. The summed E-state index contributed by atoms with van der Waals surface area (Å²) >= 11 is 0. The third-order valence-corrected chi connectivity index (χ3v) is 12.2. The Morgan fingerprint density at radius 3 is 1.92 bits per heavy atom. The van der Waals surface area contributed by atoms with Crippen molar-refractivity contribution in [2.45, 2.75) is 127 Å². The van der Waals surface area contributed by atoms with Crippen molar-refractivity contribution in [1.29, 1.82) is 0 Å². The Kier molecular flexibility index (Phi) is 12.5. The van der Waals surface area contributed by atoms with Crippen LogP contribution < -0.4 is 0 Å². The maximum absolute atomic E-state index is 14.5. The van der Waals surface area contributed by atoms with E-state index in [1.54, 1.807) is 6.07 Å². The van der Waals surface area contributed by atoms with Crippen molar-refractivity contribution in [2.24, 2.45) is 11.3 Å². The minimum Gasteiger partial charge on any atom is -0.465 e. The Hall–Kier alpha value is -5.99.